The lowest BCUT2D eigenvalue weighted by Crippen LogP contribution is -2.41. The van der Waals surface area contributed by atoms with Gasteiger partial charge in [0.25, 0.3) is 0 Å². The molecule has 0 spiro atoms. The van der Waals surface area contributed by atoms with E-state index in [1.54, 1.807) is 10.9 Å². The molecule has 2 aliphatic carbocycles. The molecular formula is C15H23N3O. The Kier molecular flexibility index (Phi) is 3.33. The molecular weight excluding hydrogens is 238 g/mol. The Bertz CT molecular complexity index is 468. The molecule has 0 aromatic carbocycles. The number of amides is 1. The van der Waals surface area contributed by atoms with Gasteiger partial charge in [0.05, 0.1) is 6.20 Å². The predicted octanol–water partition coefficient (Wildman–Crippen LogP) is 2.13. The van der Waals surface area contributed by atoms with Crippen molar-refractivity contribution in [2.24, 2.45) is 17.8 Å². The van der Waals surface area contributed by atoms with E-state index >= 15 is 0 Å². The van der Waals surface area contributed by atoms with Crippen LogP contribution in [-0.4, -0.2) is 21.7 Å². The molecule has 0 saturated heterocycles. The summed E-state index contributed by atoms with van der Waals surface area (Å²) in [6.45, 7) is 4.48. The summed E-state index contributed by atoms with van der Waals surface area (Å²) in [5.74, 6) is 2.57. The Morgan fingerprint density at radius 3 is 2.95 bits per heavy atom. The Labute approximate surface area is 114 Å². The van der Waals surface area contributed by atoms with Crippen LogP contribution in [0.25, 0.3) is 0 Å². The van der Waals surface area contributed by atoms with E-state index in [0.717, 1.165) is 17.4 Å². The average molecular weight is 261 g/mol. The minimum absolute atomic E-state index is 0.0818. The summed E-state index contributed by atoms with van der Waals surface area (Å²) in [6.07, 6.45) is 9.17. The standard InChI is InChI=1S/C15H23N3O/c1-10-7-16-18(8-10)9-15(19)17-11(2)14-6-12-3-4-13(14)5-12/h7-8,11-14H,3-6,9H2,1-2H3,(H,17,19). The summed E-state index contributed by atoms with van der Waals surface area (Å²) in [4.78, 5) is 12.0. The SMILES string of the molecule is Cc1cnn(CC(=O)NC(C)C2CC3CCC2C3)c1. The zero-order valence-electron chi connectivity index (χ0n) is 11.8. The number of hydrogen-bond acceptors (Lipinski definition) is 2. The van der Waals surface area contributed by atoms with Crippen LogP contribution in [0.2, 0.25) is 0 Å². The van der Waals surface area contributed by atoms with Gasteiger partial charge < -0.3 is 5.32 Å². The monoisotopic (exact) mass is 261 g/mol. The van der Waals surface area contributed by atoms with Crippen LogP contribution in [0.1, 0.15) is 38.2 Å². The van der Waals surface area contributed by atoms with Crippen molar-refractivity contribution in [3.8, 4) is 0 Å². The Hall–Kier alpha value is -1.32. The fraction of sp³-hybridized carbons (Fsp3) is 0.733. The van der Waals surface area contributed by atoms with Crippen LogP contribution in [0.5, 0.6) is 0 Å². The van der Waals surface area contributed by atoms with Crippen molar-refractivity contribution in [2.45, 2.75) is 52.1 Å². The maximum absolute atomic E-state index is 12.0. The van der Waals surface area contributed by atoms with Gasteiger partial charge in [0, 0.05) is 12.2 Å². The molecule has 1 aromatic heterocycles. The third-order valence-electron chi connectivity index (χ3n) is 4.89. The first kappa shape index (κ1) is 12.7. The first-order chi connectivity index (χ1) is 9.11. The minimum atomic E-state index is 0.0818. The predicted molar refractivity (Wildman–Crippen MR) is 73.5 cm³/mol. The van der Waals surface area contributed by atoms with E-state index in [0.29, 0.717) is 18.5 Å². The highest BCUT2D eigenvalue weighted by Gasteiger charge is 2.42. The molecule has 1 N–H and O–H groups in total. The molecule has 2 saturated carbocycles. The normalized spacial score (nSPS) is 30.5. The summed E-state index contributed by atoms with van der Waals surface area (Å²) < 4.78 is 1.71. The van der Waals surface area contributed by atoms with Crippen molar-refractivity contribution in [2.75, 3.05) is 0 Å². The highest BCUT2D eigenvalue weighted by molar-refractivity contribution is 5.75. The van der Waals surface area contributed by atoms with E-state index in [1.807, 2.05) is 13.1 Å². The highest BCUT2D eigenvalue weighted by Crippen LogP contribution is 2.49. The number of rotatable bonds is 4. The van der Waals surface area contributed by atoms with Crippen molar-refractivity contribution < 1.29 is 4.79 Å². The number of carbonyl (C=O) groups excluding carboxylic acids is 1. The average Bonchev–Trinajstić information content (AvgIpc) is 3.05. The van der Waals surface area contributed by atoms with Gasteiger partial charge in [-0.15, -0.1) is 0 Å². The molecule has 19 heavy (non-hydrogen) atoms. The summed E-state index contributed by atoms with van der Waals surface area (Å²) in [6, 6.07) is 0.305. The molecule has 0 radical (unpaired) electrons. The first-order valence-electron chi connectivity index (χ1n) is 7.40. The lowest BCUT2D eigenvalue weighted by atomic mass is 9.84. The third-order valence-corrected chi connectivity index (χ3v) is 4.89. The van der Waals surface area contributed by atoms with Crippen molar-refractivity contribution in [3.63, 3.8) is 0 Å². The van der Waals surface area contributed by atoms with Crippen molar-refractivity contribution in [1.29, 1.82) is 0 Å². The Balaban J connectivity index is 1.52. The maximum Gasteiger partial charge on any atom is 0.241 e. The number of fused-ring (bicyclic) bond motifs is 2. The van der Waals surface area contributed by atoms with Crippen LogP contribution < -0.4 is 5.32 Å². The smallest absolute Gasteiger partial charge is 0.241 e. The van der Waals surface area contributed by atoms with E-state index in [1.165, 1.54) is 25.7 Å². The second-order valence-corrected chi connectivity index (χ2v) is 6.41. The van der Waals surface area contributed by atoms with E-state index in [-0.39, 0.29) is 5.91 Å². The fourth-order valence-corrected chi connectivity index (χ4v) is 4.01. The van der Waals surface area contributed by atoms with Gasteiger partial charge in [-0.1, -0.05) is 6.42 Å². The lowest BCUT2D eigenvalue weighted by molar-refractivity contribution is -0.122. The molecule has 4 atom stereocenters. The van der Waals surface area contributed by atoms with Crippen LogP contribution in [0.15, 0.2) is 12.4 Å². The Morgan fingerprint density at radius 1 is 1.53 bits per heavy atom. The molecule has 0 aliphatic heterocycles. The largest absolute Gasteiger partial charge is 0.352 e. The summed E-state index contributed by atoms with van der Waals surface area (Å²) in [7, 11) is 0. The molecule has 1 amide bonds. The van der Waals surface area contributed by atoms with Crippen molar-refractivity contribution in [3.05, 3.63) is 18.0 Å². The molecule has 1 heterocycles. The third kappa shape index (κ3) is 2.67. The summed E-state index contributed by atoms with van der Waals surface area (Å²) in [5.41, 5.74) is 1.09. The van der Waals surface area contributed by atoms with Crippen LogP contribution in [0.3, 0.4) is 0 Å². The molecule has 4 unspecified atom stereocenters. The van der Waals surface area contributed by atoms with E-state index in [9.17, 15) is 4.79 Å². The molecule has 4 nitrogen and oxygen atoms in total. The van der Waals surface area contributed by atoms with Crippen LogP contribution in [-0.2, 0) is 11.3 Å². The minimum Gasteiger partial charge on any atom is -0.352 e. The molecule has 2 bridgehead atoms. The zero-order chi connectivity index (χ0) is 13.4. The van der Waals surface area contributed by atoms with Gasteiger partial charge >= 0.3 is 0 Å². The van der Waals surface area contributed by atoms with Gasteiger partial charge in [0.1, 0.15) is 6.54 Å². The number of aryl methyl sites for hydroxylation is 1. The number of carbonyl (C=O) groups is 1. The van der Waals surface area contributed by atoms with Gasteiger partial charge in [-0.05, 0) is 56.4 Å². The quantitative estimate of drug-likeness (QED) is 0.902. The molecule has 2 aliphatic rings. The Morgan fingerprint density at radius 2 is 2.37 bits per heavy atom. The van der Waals surface area contributed by atoms with Gasteiger partial charge in [0.2, 0.25) is 5.91 Å². The van der Waals surface area contributed by atoms with E-state index in [4.69, 9.17) is 0 Å². The van der Waals surface area contributed by atoms with Gasteiger partial charge in [-0.25, -0.2) is 0 Å². The molecule has 2 fully saturated rings. The van der Waals surface area contributed by atoms with Gasteiger partial charge in [-0.3, -0.25) is 9.48 Å². The van der Waals surface area contributed by atoms with Gasteiger partial charge in [0.15, 0.2) is 0 Å². The van der Waals surface area contributed by atoms with Crippen molar-refractivity contribution in [1.82, 2.24) is 15.1 Å². The lowest BCUT2D eigenvalue weighted by Gasteiger charge is -2.28. The number of aromatic nitrogens is 2. The molecule has 3 rings (SSSR count). The van der Waals surface area contributed by atoms with Gasteiger partial charge in [-0.2, -0.15) is 5.10 Å². The number of nitrogens with one attached hydrogen (secondary N) is 1. The molecule has 1 aromatic rings. The van der Waals surface area contributed by atoms with E-state index in [2.05, 4.69) is 17.3 Å². The summed E-state index contributed by atoms with van der Waals surface area (Å²) in [5, 5.41) is 7.32. The zero-order valence-corrected chi connectivity index (χ0v) is 11.8. The van der Waals surface area contributed by atoms with Crippen LogP contribution in [0.4, 0.5) is 0 Å². The fourth-order valence-electron chi connectivity index (χ4n) is 4.01. The topological polar surface area (TPSA) is 46.9 Å². The first-order valence-corrected chi connectivity index (χ1v) is 7.40. The van der Waals surface area contributed by atoms with Crippen LogP contribution in [0, 0.1) is 24.7 Å². The molecule has 4 heteroatoms. The highest BCUT2D eigenvalue weighted by atomic mass is 16.2. The van der Waals surface area contributed by atoms with Crippen LogP contribution >= 0.6 is 0 Å². The molecule has 104 valence electrons. The second kappa shape index (κ2) is 4.99. The number of hydrogen-bond donors (Lipinski definition) is 1. The second-order valence-electron chi connectivity index (χ2n) is 6.41. The summed E-state index contributed by atoms with van der Waals surface area (Å²) >= 11 is 0. The van der Waals surface area contributed by atoms with E-state index < -0.39 is 0 Å². The maximum atomic E-state index is 12.0. The van der Waals surface area contributed by atoms with Crippen molar-refractivity contribution >= 4 is 5.91 Å². The number of nitrogens with zero attached hydrogens (tertiary/aromatic N) is 2.